The van der Waals surface area contributed by atoms with E-state index in [-0.39, 0.29) is 12.2 Å². The molecule has 0 aliphatic heterocycles. The van der Waals surface area contributed by atoms with Gasteiger partial charge in [-0.05, 0) is 37.6 Å². The lowest BCUT2D eigenvalue weighted by Gasteiger charge is -2.09. The van der Waals surface area contributed by atoms with Gasteiger partial charge < -0.3 is 15.8 Å². The highest BCUT2D eigenvalue weighted by Gasteiger charge is 2.16. The molecule has 0 saturated carbocycles. The SMILES string of the molecule is Cc1nn(Cc2ccccc2)c(C)c1CNC(=O)COC(=O)c1cc(Br)ccc1N. The van der Waals surface area contributed by atoms with Crippen molar-refractivity contribution in [3.63, 3.8) is 0 Å². The fraction of sp³-hybridized carbons (Fsp3) is 0.227. The van der Waals surface area contributed by atoms with Crippen molar-refractivity contribution in [1.29, 1.82) is 0 Å². The first-order valence-electron chi connectivity index (χ1n) is 9.41. The number of hydrogen-bond donors (Lipinski definition) is 2. The first-order valence-corrected chi connectivity index (χ1v) is 10.2. The van der Waals surface area contributed by atoms with E-state index in [9.17, 15) is 9.59 Å². The first-order chi connectivity index (χ1) is 14.3. The van der Waals surface area contributed by atoms with Crippen LogP contribution in [0.1, 0.15) is 32.9 Å². The van der Waals surface area contributed by atoms with Crippen molar-refractivity contribution in [2.24, 2.45) is 0 Å². The Labute approximate surface area is 183 Å². The molecule has 3 N–H and O–H groups in total. The second kappa shape index (κ2) is 9.58. The van der Waals surface area contributed by atoms with Crippen LogP contribution < -0.4 is 11.1 Å². The predicted molar refractivity (Wildman–Crippen MR) is 118 cm³/mol. The summed E-state index contributed by atoms with van der Waals surface area (Å²) in [6.07, 6.45) is 0. The van der Waals surface area contributed by atoms with Crippen molar-refractivity contribution < 1.29 is 14.3 Å². The number of aromatic nitrogens is 2. The lowest BCUT2D eigenvalue weighted by Crippen LogP contribution is -2.29. The van der Waals surface area contributed by atoms with Crippen molar-refractivity contribution in [1.82, 2.24) is 15.1 Å². The summed E-state index contributed by atoms with van der Waals surface area (Å²) in [7, 11) is 0. The van der Waals surface area contributed by atoms with Crippen LogP contribution in [0.4, 0.5) is 5.69 Å². The Bertz CT molecular complexity index is 1060. The first kappa shape index (κ1) is 21.6. The number of benzene rings is 2. The number of carbonyl (C=O) groups is 2. The van der Waals surface area contributed by atoms with Crippen molar-refractivity contribution in [3.05, 3.63) is 81.1 Å². The molecule has 0 radical (unpaired) electrons. The van der Waals surface area contributed by atoms with Gasteiger partial charge >= 0.3 is 5.97 Å². The van der Waals surface area contributed by atoms with Gasteiger partial charge in [0.1, 0.15) is 0 Å². The normalized spacial score (nSPS) is 10.6. The Balaban J connectivity index is 1.56. The Hall–Kier alpha value is -3.13. The number of nitrogen functional groups attached to an aromatic ring is 1. The highest BCUT2D eigenvalue weighted by molar-refractivity contribution is 9.10. The topological polar surface area (TPSA) is 99.2 Å². The minimum Gasteiger partial charge on any atom is -0.452 e. The molecule has 156 valence electrons. The highest BCUT2D eigenvalue weighted by Crippen LogP contribution is 2.19. The number of hydrogen-bond acceptors (Lipinski definition) is 5. The van der Waals surface area contributed by atoms with Crippen molar-refractivity contribution in [2.45, 2.75) is 26.9 Å². The lowest BCUT2D eigenvalue weighted by molar-refractivity contribution is -0.124. The summed E-state index contributed by atoms with van der Waals surface area (Å²) in [5.41, 5.74) is 10.2. The van der Waals surface area contributed by atoms with E-state index >= 15 is 0 Å². The number of amides is 1. The molecule has 8 heteroatoms. The molecule has 0 unspecified atom stereocenters. The number of ether oxygens (including phenoxy) is 1. The van der Waals surface area contributed by atoms with E-state index in [1.807, 2.05) is 48.9 Å². The standard InChI is InChI=1S/C22H23BrN4O3/c1-14-19(15(2)27(26-14)12-16-6-4-3-5-7-16)11-25-21(28)13-30-22(29)18-10-17(23)8-9-20(18)24/h3-10H,11-13,24H2,1-2H3,(H,25,28). The van der Waals surface area contributed by atoms with E-state index in [4.69, 9.17) is 10.5 Å². The third-order valence-electron chi connectivity index (χ3n) is 4.74. The van der Waals surface area contributed by atoms with Gasteiger partial charge in [-0.2, -0.15) is 5.10 Å². The molecule has 0 aliphatic carbocycles. The molecule has 0 atom stereocenters. The summed E-state index contributed by atoms with van der Waals surface area (Å²) >= 11 is 3.28. The lowest BCUT2D eigenvalue weighted by atomic mass is 10.2. The van der Waals surface area contributed by atoms with Gasteiger partial charge in [0.25, 0.3) is 5.91 Å². The van der Waals surface area contributed by atoms with Crippen LogP contribution in [-0.4, -0.2) is 28.3 Å². The van der Waals surface area contributed by atoms with Crippen LogP contribution in [0.2, 0.25) is 0 Å². The van der Waals surface area contributed by atoms with E-state index in [1.165, 1.54) is 0 Å². The van der Waals surface area contributed by atoms with E-state index in [0.717, 1.165) is 22.5 Å². The molecule has 0 saturated heterocycles. The number of nitrogens with zero attached hydrogens (tertiary/aromatic N) is 2. The summed E-state index contributed by atoms with van der Waals surface area (Å²) in [4.78, 5) is 24.3. The van der Waals surface area contributed by atoms with Gasteiger partial charge in [0.05, 0.1) is 17.8 Å². The Kier molecular flexibility index (Phi) is 6.89. The largest absolute Gasteiger partial charge is 0.452 e. The van der Waals surface area contributed by atoms with Crippen LogP contribution in [-0.2, 0) is 22.6 Å². The van der Waals surface area contributed by atoms with Crippen molar-refractivity contribution >= 4 is 33.5 Å². The van der Waals surface area contributed by atoms with Gasteiger partial charge in [0.2, 0.25) is 0 Å². The average Bonchev–Trinajstić information content (AvgIpc) is 2.99. The molecule has 0 aliphatic rings. The van der Waals surface area contributed by atoms with E-state index in [2.05, 4.69) is 26.3 Å². The minimum atomic E-state index is -0.646. The molecule has 30 heavy (non-hydrogen) atoms. The molecule has 0 fully saturated rings. The average molecular weight is 471 g/mol. The number of halogens is 1. The maximum atomic E-state index is 12.2. The van der Waals surface area contributed by atoms with Crippen LogP contribution in [0.5, 0.6) is 0 Å². The molecule has 3 aromatic rings. The minimum absolute atomic E-state index is 0.214. The van der Waals surface area contributed by atoms with Gasteiger partial charge in [-0.15, -0.1) is 0 Å². The number of anilines is 1. The fourth-order valence-electron chi connectivity index (χ4n) is 3.05. The van der Waals surface area contributed by atoms with Gasteiger partial charge in [-0.25, -0.2) is 4.79 Å². The van der Waals surface area contributed by atoms with E-state index < -0.39 is 11.9 Å². The predicted octanol–water partition coefficient (Wildman–Crippen LogP) is 3.37. The maximum absolute atomic E-state index is 12.2. The maximum Gasteiger partial charge on any atom is 0.340 e. The molecular weight excluding hydrogens is 448 g/mol. The number of carbonyl (C=O) groups excluding carboxylic acids is 2. The van der Waals surface area contributed by atoms with Crippen LogP contribution in [0, 0.1) is 13.8 Å². The number of rotatable bonds is 7. The quantitative estimate of drug-likeness (QED) is 0.407. The summed E-state index contributed by atoms with van der Waals surface area (Å²) in [6.45, 7) is 4.46. The Morgan fingerprint density at radius 3 is 2.63 bits per heavy atom. The molecular formula is C22H23BrN4O3. The van der Waals surface area contributed by atoms with Crippen LogP contribution >= 0.6 is 15.9 Å². The summed E-state index contributed by atoms with van der Waals surface area (Å²) in [5, 5.41) is 7.36. The zero-order valence-corrected chi connectivity index (χ0v) is 18.4. The number of nitrogens with two attached hydrogens (primary N) is 1. The summed E-state index contributed by atoms with van der Waals surface area (Å²) in [6, 6.07) is 14.9. The van der Waals surface area contributed by atoms with Crippen molar-refractivity contribution in [3.8, 4) is 0 Å². The third-order valence-corrected chi connectivity index (χ3v) is 5.23. The van der Waals surface area contributed by atoms with Crippen LogP contribution in [0.25, 0.3) is 0 Å². The monoisotopic (exact) mass is 470 g/mol. The van der Waals surface area contributed by atoms with Crippen LogP contribution in [0.15, 0.2) is 53.0 Å². The second-order valence-corrected chi connectivity index (χ2v) is 7.79. The molecule has 0 bridgehead atoms. The molecule has 1 aromatic heterocycles. The molecule has 7 nitrogen and oxygen atoms in total. The highest BCUT2D eigenvalue weighted by atomic mass is 79.9. The van der Waals surface area contributed by atoms with Crippen molar-refractivity contribution in [2.75, 3.05) is 12.3 Å². The molecule has 2 aromatic carbocycles. The Morgan fingerprint density at radius 1 is 1.17 bits per heavy atom. The molecule has 3 rings (SSSR count). The summed E-state index contributed by atoms with van der Waals surface area (Å²) < 4.78 is 7.71. The van der Waals surface area contributed by atoms with Crippen LogP contribution in [0.3, 0.4) is 0 Å². The number of aryl methyl sites for hydroxylation is 1. The fourth-order valence-corrected chi connectivity index (χ4v) is 3.41. The van der Waals surface area contributed by atoms with E-state index in [1.54, 1.807) is 18.2 Å². The van der Waals surface area contributed by atoms with Gasteiger partial charge in [0.15, 0.2) is 6.61 Å². The zero-order chi connectivity index (χ0) is 21.7. The van der Waals surface area contributed by atoms with Gasteiger partial charge in [0, 0.05) is 28.0 Å². The van der Waals surface area contributed by atoms with Gasteiger partial charge in [-0.1, -0.05) is 46.3 Å². The summed E-state index contributed by atoms with van der Waals surface area (Å²) in [5.74, 6) is -1.04. The van der Waals surface area contributed by atoms with E-state index in [0.29, 0.717) is 23.2 Å². The number of nitrogens with one attached hydrogen (secondary N) is 1. The second-order valence-electron chi connectivity index (χ2n) is 6.88. The third kappa shape index (κ3) is 5.27. The number of esters is 1. The van der Waals surface area contributed by atoms with Gasteiger partial charge in [-0.3, -0.25) is 9.48 Å². The molecule has 1 heterocycles. The zero-order valence-electron chi connectivity index (χ0n) is 16.8. The smallest absolute Gasteiger partial charge is 0.340 e. The Morgan fingerprint density at radius 2 is 1.90 bits per heavy atom. The molecule has 1 amide bonds. The molecule has 0 spiro atoms.